The lowest BCUT2D eigenvalue weighted by molar-refractivity contribution is -0.121. The van der Waals surface area contributed by atoms with Crippen LogP contribution in [0.25, 0.3) is 0 Å². The standard InChI is InChI=1S/C27H33NO7/c1-17(11-13-23(29)28-14-15-34-22-9-7-6-8-21(22)31-3)10-12-19-25(32-4)18(2)20-16-35-27(30)24(20)26(19)33-5/h6-10H,11-16H2,1-5H3,(H,28,29)/b17-10+. The van der Waals surface area contributed by atoms with E-state index in [4.69, 9.17) is 23.7 Å². The van der Waals surface area contributed by atoms with Crippen LogP contribution in [0.3, 0.4) is 0 Å². The zero-order valence-electron chi connectivity index (χ0n) is 21.0. The molecule has 2 aromatic carbocycles. The van der Waals surface area contributed by atoms with Gasteiger partial charge in [0.25, 0.3) is 0 Å². The van der Waals surface area contributed by atoms with Gasteiger partial charge in [0.05, 0.1) is 27.9 Å². The van der Waals surface area contributed by atoms with E-state index in [0.717, 1.165) is 22.3 Å². The molecule has 0 saturated heterocycles. The number of carbonyl (C=O) groups excluding carboxylic acids is 2. The van der Waals surface area contributed by atoms with Crippen molar-refractivity contribution in [1.29, 1.82) is 0 Å². The molecule has 188 valence electrons. The molecule has 8 nitrogen and oxygen atoms in total. The summed E-state index contributed by atoms with van der Waals surface area (Å²) < 4.78 is 27.4. The maximum absolute atomic E-state index is 12.3. The van der Waals surface area contributed by atoms with Gasteiger partial charge in [-0.1, -0.05) is 23.8 Å². The summed E-state index contributed by atoms with van der Waals surface area (Å²) in [6, 6.07) is 7.38. The number of methoxy groups -OCH3 is 3. The molecule has 0 spiro atoms. The topological polar surface area (TPSA) is 92.3 Å². The average Bonchev–Trinajstić information content (AvgIpc) is 3.26. The van der Waals surface area contributed by atoms with Crippen molar-refractivity contribution >= 4 is 11.9 Å². The van der Waals surface area contributed by atoms with Crippen LogP contribution in [0, 0.1) is 6.92 Å². The third-order valence-corrected chi connectivity index (χ3v) is 5.98. The van der Waals surface area contributed by atoms with Gasteiger partial charge in [0.15, 0.2) is 11.5 Å². The molecule has 2 aromatic rings. The van der Waals surface area contributed by atoms with Crippen LogP contribution < -0.4 is 24.3 Å². The molecule has 0 saturated carbocycles. The lowest BCUT2D eigenvalue weighted by atomic mass is 9.94. The Morgan fingerprint density at radius 3 is 2.46 bits per heavy atom. The van der Waals surface area contributed by atoms with Gasteiger partial charge < -0.3 is 29.0 Å². The number of hydrogen-bond acceptors (Lipinski definition) is 7. The molecular weight excluding hydrogens is 450 g/mol. The number of para-hydroxylation sites is 2. The third-order valence-electron chi connectivity index (χ3n) is 5.98. The van der Waals surface area contributed by atoms with Crippen LogP contribution in [-0.4, -0.2) is 46.4 Å². The third kappa shape index (κ3) is 6.07. The van der Waals surface area contributed by atoms with E-state index in [1.165, 1.54) is 7.11 Å². The summed E-state index contributed by atoms with van der Waals surface area (Å²) in [5.74, 6) is 2.05. The lowest BCUT2D eigenvalue weighted by Gasteiger charge is -2.18. The molecule has 0 aliphatic carbocycles. The smallest absolute Gasteiger partial charge is 0.342 e. The molecule has 0 fully saturated rings. The molecule has 1 aliphatic heterocycles. The minimum atomic E-state index is -0.379. The van der Waals surface area contributed by atoms with Crippen LogP contribution in [-0.2, 0) is 22.6 Å². The number of benzene rings is 2. The quantitative estimate of drug-likeness (QED) is 0.275. The second-order valence-electron chi connectivity index (χ2n) is 8.20. The Balaban J connectivity index is 1.54. The predicted molar refractivity (Wildman–Crippen MR) is 132 cm³/mol. The highest BCUT2D eigenvalue weighted by Crippen LogP contribution is 2.42. The summed E-state index contributed by atoms with van der Waals surface area (Å²) in [5, 5.41) is 2.87. The van der Waals surface area contributed by atoms with Crippen molar-refractivity contribution in [2.75, 3.05) is 34.5 Å². The van der Waals surface area contributed by atoms with Crippen molar-refractivity contribution in [2.24, 2.45) is 0 Å². The molecular formula is C27H33NO7. The first-order valence-electron chi connectivity index (χ1n) is 11.5. The van der Waals surface area contributed by atoms with Gasteiger partial charge in [-0.25, -0.2) is 4.79 Å². The van der Waals surface area contributed by atoms with Crippen molar-refractivity contribution in [2.45, 2.75) is 39.7 Å². The summed E-state index contributed by atoms with van der Waals surface area (Å²) in [4.78, 5) is 24.5. The van der Waals surface area contributed by atoms with Gasteiger partial charge in [0, 0.05) is 17.5 Å². The number of hydrogen-bond donors (Lipinski definition) is 1. The largest absolute Gasteiger partial charge is 0.496 e. The number of ether oxygens (including phenoxy) is 5. The Morgan fingerprint density at radius 2 is 1.77 bits per heavy atom. The molecule has 0 bridgehead atoms. The van der Waals surface area contributed by atoms with Crippen molar-refractivity contribution in [3.63, 3.8) is 0 Å². The highest BCUT2D eigenvalue weighted by Gasteiger charge is 2.32. The van der Waals surface area contributed by atoms with Crippen LogP contribution in [0.5, 0.6) is 23.0 Å². The molecule has 3 rings (SSSR count). The van der Waals surface area contributed by atoms with E-state index in [-0.39, 0.29) is 18.5 Å². The zero-order valence-corrected chi connectivity index (χ0v) is 21.0. The van der Waals surface area contributed by atoms with Gasteiger partial charge in [-0.15, -0.1) is 0 Å². The van der Waals surface area contributed by atoms with Crippen LogP contribution in [0.15, 0.2) is 35.9 Å². The Hall–Kier alpha value is -3.68. The summed E-state index contributed by atoms with van der Waals surface area (Å²) in [5.41, 5.74) is 4.00. The van der Waals surface area contributed by atoms with Gasteiger partial charge in [0.2, 0.25) is 5.91 Å². The Morgan fingerprint density at radius 1 is 1.06 bits per heavy atom. The Labute approximate surface area is 206 Å². The minimum absolute atomic E-state index is 0.0485. The summed E-state index contributed by atoms with van der Waals surface area (Å²) in [6.07, 6.45) is 3.51. The molecule has 0 unspecified atom stereocenters. The fourth-order valence-electron chi connectivity index (χ4n) is 4.10. The Bertz CT molecular complexity index is 1110. The number of carbonyl (C=O) groups is 2. The van der Waals surface area contributed by atoms with Crippen molar-refractivity contribution in [3.05, 3.63) is 58.2 Å². The van der Waals surface area contributed by atoms with Gasteiger partial charge >= 0.3 is 5.97 Å². The molecule has 1 heterocycles. The number of esters is 1. The molecule has 1 aliphatic rings. The van der Waals surface area contributed by atoms with Crippen LogP contribution in [0.1, 0.15) is 46.8 Å². The van der Waals surface area contributed by atoms with Crippen molar-refractivity contribution in [1.82, 2.24) is 5.32 Å². The molecule has 1 N–H and O–H groups in total. The van der Waals surface area contributed by atoms with E-state index in [1.54, 1.807) is 14.2 Å². The zero-order chi connectivity index (χ0) is 25.4. The van der Waals surface area contributed by atoms with Crippen LogP contribution in [0.2, 0.25) is 0 Å². The van der Waals surface area contributed by atoms with E-state index in [1.807, 2.05) is 44.2 Å². The normalized spacial score (nSPS) is 12.6. The van der Waals surface area contributed by atoms with Gasteiger partial charge in [0.1, 0.15) is 30.3 Å². The van der Waals surface area contributed by atoms with E-state index < -0.39 is 0 Å². The highest BCUT2D eigenvalue weighted by molar-refractivity contribution is 5.98. The van der Waals surface area contributed by atoms with E-state index in [9.17, 15) is 9.59 Å². The molecule has 0 radical (unpaired) electrons. The molecule has 1 amide bonds. The van der Waals surface area contributed by atoms with Crippen LogP contribution in [0.4, 0.5) is 0 Å². The number of rotatable bonds is 12. The maximum atomic E-state index is 12.3. The minimum Gasteiger partial charge on any atom is -0.496 e. The first-order chi connectivity index (χ1) is 16.9. The highest BCUT2D eigenvalue weighted by atomic mass is 16.5. The SMILES string of the molecule is COc1ccccc1OCCNC(=O)CC/C(C)=C/Cc1c(OC)c(C)c2c(c1OC)C(=O)OC2. The van der Waals surface area contributed by atoms with Gasteiger partial charge in [-0.3, -0.25) is 4.79 Å². The average molecular weight is 484 g/mol. The van der Waals surface area contributed by atoms with Crippen LogP contribution >= 0.6 is 0 Å². The second-order valence-corrected chi connectivity index (χ2v) is 8.20. The summed E-state index contributed by atoms with van der Waals surface area (Å²) >= 11 is 0. The Kier molecular flexibility index (Phi) is 9.00. The summed E-state index contributed by atoms with van der Waals surface area (Å²) in [7, 11) is 4.73. The fourth-order valence-corrected chi connectivity index (χ4v) is 4.10. The van der Waals surface area contributed by atoms with Crippen molar-refractivity contribution < 1.29 is 33.3 Å². The monoisotopic (exact) mass is 483 g/mol. The predicted octanol–water partition coefficient (Wildman–Crippen LogP) is 4.16. The maximum Gasteiger partial charge on any atom is 0.342 e. The number of amides is 1. The molecule has 35 heavy (non-hydrogen) atoms. The molecule has 0 atom stereocenters. The molecule has 0 aromatic heterocycles. The first kappa shape index (κ1) is 25.9. The van der Waals surface area contributed by atoms with E-state index >= 15 is 0 Å². The number of allylic oxidation sites excluding steroid dienone is 2. The summed E-state index contributed by atoms with van der Waals surface area (Å²) in [6.45, 7) is 4.87. The van der Waals surface area contributed by atoms with E-state index in [0.29, 0.717) is 61.0 Å². The number of cyclic esters (lactones) is 1. The fraction of sp³-hybridized carbons (Fsp3) is 0.407. The van der Waals surface area contributed by atoms with E-state index in [2.05, 4.69) is 5.32 Å². The van der Waals surface area contributed by atoms with Gasteiger partial charge in [-0.05, 0) is 44.4 Å². The van der Waals surface area contributed by atoms with Crippen molar-refractivity contribution in [3.8, 4) is 23.0 Å². The number of nitrogens with one attached hydrogen (secondary N) is 1. The second kappa shape index (κ2) is 12.1. The first-order valence-corrected chi connectivity index (χ1v) is 11.5. The number of fused-ring (bicyclic) bond motifs is 1. The van der Waals surface area contributed by atoms with Gasteiger partial charge in [-0.2, -0.15) is 0 Å². The molecule has 8 heteroatoms. The lowest BCUT2D eigenvalue weighted by Crippen LogP contribution is -2.27.